The molecule has 1 atom stereocenters. The first-order valence-electron chi connectivity index (χ1n) is 9.35. The lowest BCUT2D eigenvalue weighted by Gasteiger charge is -2.35. The van der Waals surface area contributed by atoms with Crippen LogP contribution in [0.4, 0.5) is 11.4 Å². The molecule has 3 aliphatic rings. The van der Waals surface area contributed by atoms with Gasteiger partial charge < -0.3 is 14.5 Å². The molecule has 0 radical (unpaired) electrons. The van der Waals surface area contributed by atoms with Gasteiger partial charge in [0.1, 0.15) is 0 Å². The standard InChI is InChI=1S/C19H26N4O3/c1-20-6-8-22(9-7-20)17-14-18(24)23(19(17)25)16-4-2-15(3-5-16)21-10-12-26-13-11-21/h2-5,17H,6-14H2,1H3. The molecule has 7 nitrogen and oxygen atoms in total. The molecule has 7 heteroatoms. The molecule has 4 rings (SSSR count). The molecule has 3 heterocycles. The Morgan fingerprint density at radius 3 is 2.15 bits per heavy atom. The van der Waals surface area contributed by atoms with Crippen molar-refractivity contribution in [3.05, 3.63) is 24.3 Å². The molecule has 140 valence electrons. The van der Waals surface area contributed by atoms with E-state index < -0.39 is 0 Å². The maximum Gasteiger partial charge on any atom is 0.251 e. The quantitative estimate of drug-likeness (QED) is 0.730. The second-order valence-corrected chi connectivity index (χ2v) is 7.24. The second kappa shape index (κ2) is 7.34. The van der Waals surface area contributed by atoms with Gasteiger partial charge in [-0.3, -0.25) is 14.5 Å². The van der Waals surface area contributed by atoms with E-state index in [0.29, 0.717) is 5.69 Å². The number of benzene rings is 1. The molecule has 0 saturated carbocycles. The lowest BCUT2D eigenvalue weighted by Crippen LogP contribution is -2.51. The number of amides is 2. The molecule has 3 aliphatic heterocycles. The van der Waals surface area contributed by atoms with Gasteiger partial charge in [-0.15, -0.1) is 0 Å². The summed E-state index contributed by atoms with van der Waals surface area (Å²) in [4.78, 5) is 33.5. The van der Waals surface area contributed by atoms with Gasteiger partial charge in [-0.1, -0.05) is 0 Å². The third kappa shape index (κ3) is 3.34. The number of carbonyl (C=O) groups excluding carboxylic acids is 2. The number of rotatable bonds is 3. The van der Waals surface area contributed by atoms with Crippen LogP contribution >= 0.6 is 0 Å². The monoisotopic (exact) mass is 358 g/mol. The molecular weight excluding hydrogens is 332 g/mol. The van der Waals surface area contributed by atoms with Crippen LogP contribution in [0.3, 0.4) is 0 Å². The van der Waals surface area contributed by atoms with Crippen molar-refractivity contribution < 1.29 is 14.3 Å². The number of carbonyl (C=O) groups is 2. The molecule has 0 aromatic heterocycles. The highest BCUT2D eigenvalue weighted by Gasteiger charge is 2.43. The van der Waals surface area contributed by atoms with Crippen LogP contribution in [0, 0.1) is 0 Å². The maximum atomic E-state index is 12.9. The molecular formula is C19H26N4O3. The van der Waals surface area contributed by atoms with Crippen LogP contribution in [0.1, 0.15) is 6.42 Å². The van der Waals surface area contributed by atoms with Crippen molar-refractivity contribution in [2.24, 2.45) is 0 Å². The third-order valence-electron chi connectivity index (χ3n) is 5.59. The molecule has 26 heavy (non-hydrogen) atoms. The summed E-state index contributed by atoms with van der Waals surface area (Å²) in [6, 6.07) is 7.43. The van der Waals surface area contributed by atoms with E-state index in [1.165, 1.54) is 4.90 Å². The van der Waals surface area contributed by atoms with E-state index in [-0.39, 0.29) is 24.3 Å². The van der Waals surface area contributed by atoms with Gasteiger partial charge in [0.05, 0.1) is 31.4 Å². The summed E-state index contributed by atoms with van der Waals surface area (Å²) in [7, 11) is 2.08. The molecule has 0 aliphatic carbocycles. The fourth-order valence-electron chi connectivity index (χ4n) is 3.94. The van der Waals surface area contributed by atoms with Crippen LogP contribution in [0.2, 0.25) is 0 Å². The third-order valence-corrected chi connectivity index (χ3v) is 5.59. The summed E-state index contributed by atoms with van der Waals surface area (Å²) in [5.41, 5.74) is 1.78. The number of anilines is 2. The Bertz CT molecular complexity index is 664. The van der Waals surface area contributed by atoms with Crippen LogP contribution in [0.15, 0.2) is 24.3 Å². The predicted molar refractivity (Wildman–Crippen MR) is 99.4 cm³/mol. The first-order valence-corrected chi connectivity index (χ1v) is 9.35. The molecule has 1 aromatic carbocycles. The van der Waals surface area contributed by atoms with Crippen molar-refractivity contribution in [1.29, 1.82) is 0 Å². The first kappa shape index (κ1) is 17.5. The van der Waals surface area contributed by atoms with E-state index in [2.05, 4.69) is 21.7 Å². The van der Waals surface area contributed by atoms with Crippen LogP contribution in [-0.4, -0.2) is 87.2 Å². The topological polar surface area (TPSA) is 56.3 Å². The van der Waals surface area contributed by atoms with E-state index in [9.17, 15) is 9.59 Å². The molecule has 3 fully saturated rings. The minimum Gasteiger partial charge on any atom is -0.378 e. The number of piperazine rings is 1. The average molecular weight is 358 g/mol. The van der Waals surface area contributed by atoms with Gasteiger partial charge >= 0.3 is 0 Å². The van der Waals surface area contributed by atoms with Crippen molar-refractivity contribution >= 4 is 23.2 Å². The Labute approximate surface area is 154 Å². The lowest BCUT2D eigenvalue weighted by molar-refractivity contribution is -0.123. The SMILES string of the molecule is CN1CCN(C2CC(=O)N(c3ccc(N4CCOCC4)cc3)C2=O)CC1. The highest BCUT2D eigenvalue weighted by molar-refractivity contribution is 6.22. The number of likely N-dealkylation sites (N-methyl/N-ethyl adjacent to an activating group) is 1. The first-order chi connectivity index (χ1) is 12.6. The smallest absolute Gasteiger partial charge is 0.251 e. The summed E-state index contributed by atoms with van der Waals surface area (Å²) in [6.45, 7) is 6.75. The highest BCUT2D eigenvalue weighted by atomic mass is 16.5. The van der Waals surface area contributed by atoms with Gasteiger partial charge in [0.2, 0.25) is 5.91 Å². The molecule has 0 spiro atoms. The number of nitrogens with zero attached hydrogens (tertiary/aromatic N) is 4. The second-order valence-electron chi connectivity index (χ2n) is 7.24. The zero-order valence-electron chi connectivity index (χ0n) is 15.3. The fraction of sp³-hybridized carbons (Fsp3) is 0.579. The van der Waals surface area contributed by atoms with Gasteiger partial charge in [-0.05, 0) is 31.3 Å². The Morgan fingerprint density at radius 2 is 1.50 bits per heavy atom. The largest absolute Gasteiger partial charge is 0.378 e. The minimum atomic E-state index is -0.310. The van der Waals surface area contributed by atoms with E-state index in [1.54, 1.807) is 0 Å². The van der Waals surface area contributed by atoms with Crippen molar-refractivity contribution in [3.8, 4) is 0 Å². The van der Waals surface area contributed by atoms with Gasteiger partial charge in [0, 0.05) is 45.0 Å². The van der Waals surface area contributed by atoms with Crippen LogP contribution in [-0.2, 0) is 14.3 Å². The number of imide groups is 1. The fourth-order valence-corrected chi connectivity index (χ4v) is 3.94. The zero-order chi connectivity index (χ0) is 18.1. The summed E-state index contributed by atoms with van der Waals surface area (Å²) in [5, 5.41) is 0. The number of hydrogen-bond acceptors (Lipinski definition) is 6. The van der Waals surface area contributed by atoms with Gasteiger partial charge in [-0.25, -0.2) is 4.90 Å². The summed E-state index contributed by atoms with van der Waals surface area (Å²) in [5.74, 6) is -0.184. The molecule has 1 aromatic rings. The van der Waals surface area contributed by atoms with E-state index in [1.807, 2.05) is 24.3 Å². The summed E-state index contributed by atoms with van der Waals surface area (Å²) < 4.78 is 5.38. The molecule has 0 bridgehead atoms. The van der Waals surface area contributed by atoms with Gasteiger partial charge in [0.25, 0.3) is 5.91 Å². The van der Waals surface area contributed by atoms with E-state index in [0.717, 1.165) is 58.2 Å². The number of morpholine rings is 1. The van der Waals surface area contributed by atoms with Crippen molar-refractivity contribution in [2.75, 3.05) is 69.3 Å². The van der Waals surface area contributed by atoms with Crippen molar-refractivity contribution in [1.82, 2.24) is 9.80 Å². The van der Waals surface area contributed by atoms with Gasteiger partial charge in [-0.2, -0.15) is 0 Å². The molecule has 3 saturated heterocycles. The van der Waals surface area contributed by atoms with E-state index >= 15 is 0 Å². The van der Waals surface area contributed by atoms with Crippen molar-refractivity contribution in [2.45, 2.75) is 12.5 Å². The Morgan fingerprint density at radius 1 is 0.885 bits per heavy atom. The van der Waals surface area contributed by atoms with Crippen LogP contribution in [0.5, 0.6) is 0 Å². The summed E-state index contributed by atoms with van der Waals surface area (Å²) in [6.07, 6.45) is 0.285. The van der Waals surface area contributed by atoms with Crippen molar-refractivity contribution in [3.63, 3.8) is 0 Å². The predicted octanol–water partition coefficient (Wildman–Crippen LogP) is 0.403. The Hall–Kier alpha value is -1.96. The molecule has 2 amide bonds. The zero-order valence-corrected chi connectivity index (χ0v) is 15.3. The van der Waals surface area contributed by atoms with E-state index in [4.69, 9.17) is 4.74 Å². The highest BCUT2D eigenvalue weighted by Crippen LogP contribution is 2.28. The number of hydrogen-bond donors (Lipinski definition) is 0. The van der Waals surface area contributed by atoms with Gasteiger partial charge in [0.15, 0.2) is 0 Å². The Kier molecular flexibility index (Phi) is 4.93. The molecule has 0 N–H and O–H groups in total. The normalized spacial score (nSPS) is 26.0. The minimum absolute atomic E-state index is 0.0846. The number of ether oxygens (including phenoxy) is 1. The summed E-state index contributed by atoms with van der Waals surface area (Å²) >= 11 is 0. The average Bonchev–Trinajstić information content (AvgIpc) is 2.97. The molecule has 1 unspecified atom stereocenters. The maximum absolute atomic E-state index is 12.9. The van der Waals surface area contributed by atoms with Crippen LogP contribution < -0.4 is 9.80 Å². The Balaban J connectivity index is 1.46. The van der Waals surface area contributed by atoms with Crippen LogP contribution in [0.25, 0.3) is 0 Å². The lowest BCUT2D eigenvalue weighted by atomic mass is 10.2.